The summed E-state index contributed by atoms with van der Waals surface area (Å²) in [5.41, 5.74) is 1.02. The second-order valence-electron chi connectivity index (χ2n) is 4.62. The summed E-state index contributed by atoms with van der Waals surface area (Å²) in [6.45, 7) is 4.58. The Balaban J connectivity index is 1.98. The highest BCUT2D eigenvalue weighted by Crippen LogP contribution is 2.13. The molecule has 2 aromatic rings. The average Bonchev–Trinajstić information content (AvgIpc) is 2.91. The summed E-state index contributed by atoms with van der Waals surface area (Å²) in [6.07, 6.45) is 0.214. The highest BCUT2D eigenvalue weighted by atomic mass is 32.2. The number of hydrogen-bond acceptors (Lipinski definition) is 6. The number of hydrogen-bond donors (Lipinski definition) is 0. The summed E-state index contributed by atoms with van der Waals surface area (Å²) in [5.74, 6) is 0.684. The van der Waals surface area contributed by atoms with E-state index in [9.17, 15) is 8.42 Å². The molecule has 2 rings (SSSR count). The summed E-state index contributed by atoms with van der Waals surface area (Å²) in [6, 6.07) is 6.78. The van der Waals surface area contributed by atoms with Gasteiger partial charge in [0.25, 0.3) is 5.89 Å². The Morgan fingerprint density at radius 2 is 1.95 bits per heavy atom. The fourth-order valence-electron chi connectivity index (χ4n) is 1.73. The molecule has 0 saturated heterocycles. The second-order valence-corrected chi connectivity index (χ2v) is 6.73. The van der Waals surface area contributed by atoms with Crippen molar-refractivity contribution in [3.8, 4) is 0 Å². The normalized spacial score (nSPS) is 11.7. The molecule has 0 unspecified atom stereocenters. The van der Waals surface area contributed by atoms with Gasteiger partial charge in [0.2, 0.25) is 0 Å². The van der Waals surface area contributed by atoms with E-state index in [0.717, 1.165) is 5.56 Å². The van der Waals surface area contributed by atoms with Crippen LogP contribution >= 0.6 is 0 Å². The topological polar surface area (TPSA) is 82.3 Å². The Hall–Kier alpha value is -1.73. The number of benzene rings is 1. The highest BCUT2D eigenvalue weighted by Gasteiger charge is 2.16. The largest absolute Gasteiger partial charge is 0.372 e. The lowest BCUT2D eigenvalue weighted by atomic mass is 10.2. The van der Waals surface area contributed by atoms with Crippen molar-refractivity contribution in [2.45, 2.75) is 31.8 Å². The molecule has 0 aliphatic heterocycles. The quantitative estimate of drug-likeness (QED) is 0.777. The van der Waals surface area contributed by atoms with Crippen LogP contribution in [-0.2, 0) is 27.6 Å². The Morgan fingerprint density at radius 1 is 1.24 bits per heavy atom. The summed E-state index contributed by atoms with van der Waals surface area (Å²) < 4.78 is 34.5. The summed E-state index contributed by atoms with van der Waals surface area (Å²) in [5, 5.41) is 3.75. The minimum atomic E-state index is -3.34. The minimum absolute atomic E-state index is 0.0519. The van der Waals surface area contributed by atoms with Crippen molar-refractivity contribution in [3.63, 3.8) is 0 Å². The first-order chi connectivity index (χ1) is 10.0. The third-order valence-corrected chi connectivity index (χ3v) is 4.65. The van der Waals surface area contributed by atoms with Gasteiger partial charge < -0.3 is 9.26 Å². The van der Waals surface area contributed by atoms with Gasteiger partial charge in [-0.15, -0.1) is 0 Å². The molecule has 0 atom stereocenters. The molecule has 0 amide bonds. The van der Waals surface area contributed by atoms with Gasteiger partial charge in [0.15, 0.2) is 15.7 Å². The number of ether oxygens (including phenoxy) is 1. The Morgan fingerprint density at radius 3 is 2.62 bits per heavy atom. The predicted molar refractivity (Wildman–Crippen MR) is 76.6 cm³/mol. The van der Waals surface area contributed by atoms with Crippen molar-refractivity contribution in [2.24, 2.45) is 0 Å². The van der Waals surface area contributed by atoms with Gasteiger partial charge in [-0.1, -0.05) is 22.9 Å². The maximum Gasteiger partial charge on any atom is 0.252 e. The van der Waals surface area contributed by atoms with E-state index in [1.54, 1.807) is 24.3 Å². The van der Waals surface area contributed by atoms with Crippen molar-refractivity contribution in [1.82, 2.24) is 10.1 Å². The van der Waals surface area contributed by atoms with Crippen LogP contribution in [0, 0.1) is 6.92 Å². The van der Waals surface area contributed by atoms with Crippen molar-refractivity contribution >= 4 is 9.84 Å². The van der Waals surface area contributed by atoms with E-state index < -0.39 is 9.84 Å². The standard InChI is InChI=1S/C14H18N2O4S/c1-3-19-10-14-15-13(16-20-14)8-9-21(17,18)12-6-4-11(2)5-7-12/h4-7H,3,8-10H2,1-2H3. The number of sulfone groups is 1. The van der Waals surface area contributed by atoms with E-state index in [1.807, 2.05) is 13.8 Å². The lowest BCUT2D eigenvalue weighted by Gasteiger charge is -2.03. The van der Waals surface area contributed by atoms with E-state index in [-0.39, 0.29) is 18.8 Å². The SMILES string of the molecule is CCOCc1nc(CCS(=O)(=O)c2ccc(C)cc2)no1. The molecule has 7 heteroatoms. The molecule has 1 aromatic carbocycles. The summed E-state index contributed by atoms with van der Waals surface area (Å²) in [7, 11) is -3.34. The molecule has 114 valence electrons. The fourth-order valence-corrected chi connectivity index (χ4v) is 2.97. The molecule has 0 bridgehead atoms. The van der Waals surface area contributed by atoms with E-state index >= 15 is 0 Å². The van der Waals surface area contributed by atoms with Crippen LogP contribution in [0.5, 0.6) is 0 Å². The van der Waals surface area contributed by atoms with Crippen molar-refractivity contribution in [1.29, 1.82) is 0 Å². The average molecular weight is 310 g/mol. The van der Waals surface area contributed by atoms with Gasteiger partial charge in [-0.25, -0.2) is 8.42 Å². The molecule has 0 fully saturated rings. The number of rotatable bonds is 7. The van der Waals surface area contributed by atoms with Crippen LogP contribution in [0.15, 0.2) is 33.7 Å². The van der Waals surface area contributed by atoms with E-state index in [2.05, 4.69) is 10.1 Å². The lowest BCUT2D eigenvalue weighted by Crippen LogP contribution is -2.10. The van der Waals surface area contributed by atoms with Gasteiger partial charge in [0.05, 0.1) is 10.6 Å². The van der Waals surface area contributed by atoms with Crippen LogP contribution in [0.4, 0.5) is 0 Å². The van der Waals surface area contributed by atoms with Gasteiger partial charge in [0, 0.05) is 13.0 Å². The molecule has 1 aromatic heterocycles. The second kappa shape index (κ2) is 6.82. The Kier molecular flexibility index (Phi) is 5.08. The van der Waals surface area contributed by atoms with Gasteiger partial charge in [-0.2, -0.15) is 4.98 Å². The van der Waals surface area contributed by atoms with Crippen molar-refractivity contribution in [3.05, 3.63) is 41.5 Å². The molecule has 0 aliphatic rings. The Bertz CT molecular complexity index is 677. The smallest absolute Gasteiger partial charge is 0.252 e. The summed E-state index contributed by atoms with van der Waals surface area (Å²) >= 11 is 0. The maximum atomic E-state index is 12.2. The third-order valence-electron chi connectivity index (χ3n) is 2.91. The minimum Gasteiger partial charge on any atom is -0.372 e. The van der Waals surface area contributed by atoms with Crippen LogP contribution in [0.2, 0.25) is 0 Å². The van der Waals surface area contributed by atoms with E-state index in [4.69, 9.17) is 9.26 Å². The maximum absolute atomic E-state index is 12.2. The molecule has 0 saturated carbocycles. The van der Waals surface area contributed by atoms with Gasteiger partial charge in [-0.3, -0.25) is 0 Å². The Labute approximate surface area is 124 Å². The molecule has 0 aliphatic carbocycles. The zero-order chi connectivity index (χ0) is 15.3. The first-order valence-electron chi connectivity index (χ1n) is 6.70. The lowest BCUT2D eigenvalue weighted by molar-refractivity contribution is 0.109. The van der Waals surface area contributed by atoms with Crippen LogP contribution in [-0.4, -0.2) is 30.9 Å². The van der Waals surface area contributed by atoms with E-state index in [1.165, 1.54) is 0 Å². The molecule has 1 heterocycles. The van der Waals surface area contributed by atoms with Crippen molar-refractivity contribution in [2.75, 3.05) is 12.4 Å². The van der Waals surface area contributed by atoms with Crippen LogP contribution in [0.3, 0.4) is 0 Å². The van der Waals surface area contributed by atoms with Gasteiger partial charge in [-0.05, 0) is 26.0 Å². The van der Waals surface area contributed by atoms with Crippen LogP contribution in [0.1, 0.15) is 24.2 Å². The fraction of sp³-hybridized carbons (Fsp3) is 0.429. The molecule has 0 radical (unpaired) electrons. The molecule has 21 heavy (non-hydrogen) atoms. The van der Waals surface area contributed by atoms with E-state index in [0.29, 0.717) is 23.2 Å². The molecular formula is C14H18N2O4S. The molecule has 0 N–H and O–H groups in total. The number of aryl methyl sites for hydroxylation is 2. The third kappa shape index (κ3) is 4.37. The monoisotopic (exact) mass is 310 g/mol. The summed E-state index contributed by atoms with van der Waals surface area (Å²) in [4.78, 5) is 4.40. The van der Waals surface area contributed by atoms with Crippen molar-refractivity contribution < 1.29 is 17.7 Å². The van der Waals surface area contributed by atoms with Gasteiger partial charge >= 0.3 is 0 Å². The number of nitrogens with zero attached hydrogens (tertiary/aromatic N) is 2. The first-order valence-corrected chi connectivity index (χ1v) is 8.35. The van der Waals surface area contributed by atoms with Gasteiger partial charge in [0.1, 0.15) is 6.61 Å². The number of aromatic nitrogens is 2. The molecular weight excluding hydrogens is 292 g/mol. The predicted octanol–water partition coefficient (Wildman–Crippen LogP) is 1.93. The first kappa shape index (κ1) is 15.7. The van der Waals surface area contributed by atoms with Crippen LogP contribution in [0.25, 0.3) is 0 Å². The molecule has 6 nitrogen and oxygen atoms in total. The zero-order valence-corrected chi connectivity index (χ0v) is 12.9. The highest BCUT2D eigenvalue weighted by molar-refractivity contribution is 7.91. The molecule has 0 spiro atoms. The van der Waals surface area contributed by atoms with Crippen LogP contribution < -0.4 is 0 Å². The zero-order valence-electron chi connectivity index (χ0n) is 12.1.